The van der Waals surface area contributed by atoms with E-state index in [1.807, 2.05) is 144 Å². The summed E-state index contributed by atoms with van der Waals surface area (Å²) in [4.78, 5) is 87.1. The van der Waals surface area contributed by atoms with Crippen LogP contribution in [0.2, 0.25) is 0 Å². The van der Waals surface area contributed by atoms with Gasteiger partial charge >= 0.3 is 6.18 Å². The molecule has 23 nitrogen and oxygen atoms in total. The van der Waals surface area contributed by atoms with Crippen LogP contribution >= 0.6 is 0 Å². The summed E-state index contributed by atoms with van der Waals surface area (Å²) >= 11 is 0. The third-order valence-electron chi connectivity index (χ3n) is 21.6. The number of fused-ring (bicyclic) bond motifs is 4. The molecule has 16 rings (SSSR count). The van der Waals surface area contributed by atoms with E-state index < -0.39 is 24.0 Å². The molecule has 26 heteroatoms. The van der Waals surface area contributed by atoms with Gasteiger partial charge in [-0.15, -0.1) is 0 Å². The molecule has 116 heavy (non-hydrogen) atoms. The number of rotatable bonds is 20. The summed E-state index contributed by atoms with van der Waals surface area (Å²) in [6.07, 6.45) is 31.4. The van der Waals surface area contributed by atoms with Crippen LogP contribution in [0, 0.1) is 39.5 Å². The number of halogens is 3. The molecule has 0 aromatic carbocycles. The smallest absolute Gasteiger partial charge is 0.378 e. The van der Waals surface area contributed by atoms with Crippen molar-refractivity contribution < 1.29 is 46.6 Å². The number of nitrogens with zero attached hydrogens (tertiary/aromatic N) is 12. The Kier molecular flexibility index (Phi) is 26.6. The van der Waals surface area contributed by atoms with Gasteiger partial charge in [-0.3, -0.25) is 39.1 Å². The van der Waals surface area contributed by atoms with Crippen molar-refractivity contribution in [2.24, 2.45) is 11.8 Å². The third-order valence-corrected chi connectivity index (χ3v) is 21.6. The van der Waals surface area contributed by atoms with E-state index in [9.17, 15) is 32.3 Å². The Morgan fingerprint density at radius 2 is 0.750 bits per heavy atom. The molecule has 4 amide bonds. The van der Waals surface area contributed by atoms with Gasteiger partial charge in [0.2, 0.25) is 0 Å². The molecule has 0 saturated heterocycles. The number of nitrogens with one attached hydrogen (secondary N) is 4. The van der Waals surface area contributed by atoms with Crippen molar-refractivity contribution in [2.75, 3.05) is 13.2 Å². The molecular weight excluding hydrogens is 1470 g/mol. The van der Waals surface area contributed by atoms with E-state index >= 15 is 0 Å². The number of pyridine rings is 4. The lowest BCUT2D eigenvalue weighted by molar-refractivity contribution is -0.158. The highest BCUT2D eigenvalue weighted by Gasteiger charge is 2.50. The highest BCUT2D eigenvalue weighted by Crippen LogP contribution is 2.41. The van der Waals surface area contributed by atoms with Crippen molar-refractivity contribution in [3.05, 3.63) is 216 Å². The summed E-state index contributed by atoms with van der Waals surface area (Å²) in [5.41, 5.74) is 14.8. The maximum absolute atomic E-state index is 13.2. The lowest BCUT2D eigenvalue weighted by Gasteiger charge is -2.33. The third kappa shape index (κ3) is 20.9. The van der Waals surface area contributed by atoms with Crippen LogP contribution in [0.5, 0.6) is 0 Å². The predicted molar refractivity (Wildman–Crippen MR) is 441 cm³/mol. The maximum atomic E-state index is 13.2. The van der Waals surface area contributed by atoms with Gasteiger partial charge in [-0.1, -0.05) is 20.8 Å². The number of carbonyl (C=O) groups excluding carboxylic acids is 4. The first-order valence-electron chi connectivity index (χ1n) is 40.6. The lowest BCUT2D eigenvalue weighted by atomic mass is 9.92. The Hall–Kier alpha value is -11.1. The molecular formula is C90H105F3N16O7. The fourth-order valence-corrected chi connectivity index (χ4v) is 15.4. The monoisotopic (exact) mass is 1580 g/mol. The van der Waals surface area contributed by atoms with Crippen LogP contribution in [0.25, 0.3) is 67.6 Å². The molecule has 0 spiro atoms. The molecule has 12 heterocycles. The van der Waals surface area contributed by atoms with Crippen LogP contribution in [0.1, 0.15) is 202 Å². The minimum atomic E-state index is -4.46. The predicted octanol–water partition coefficient (Wildman–Crippen LogP) is 16.9. The van der Waals surface area contributed by atoms with Gasteiger partial charge in [-0.05, 0) is 254 Å². The molecule has 12 aromatic rings. The van der Waals surface area contributed by atoms with Gasteiger partial charge in [0.1, 0.15) is 28.6 Å². The van der Waals surface area contributed by atoms with Crippen LogP contribution in [-0.4, -0.2) is 149 Å². The van der Waals surface area contributed by atoms with E-state index in [1.54, 1.807) is 66.2 Å². The van der Waals surface area contributed by atoms with Crippen LogP contribution in [0.15, 0.2) is 171 Å². The Labute approximate surface area is 674 Å². The molecule has 1 atom stereocenters. The number of ether oxygens (including phenoxy) is 3. The average Bonchev–Trinajstić information content (AvgIpc) is 1.63. The topological polar surface area (TPSA) is 265 Å². The Morgan fingerprint density at radius 1 is 0.440 bits per heavy atom. The molecule has 0 aliphatic heterocycles. The molecule has 12 aromatic heterocycles. The van der Waals surface area contributed by atoms with E-state index in [0.717, 1.165) is 159 Å². The van der Waals surface area contributed by atoms with Crippen LogP contribution in [0.4, 0.5) is 13.2 Å². The summed E-state index contributed by atoms with van der Waals surface area (Å²) in [6.45, 7) is 22.3. The van der Waals surface area contributed by atoms with Crippen molar-refractivity contribution in [3.8, 4) is 45.0 Å². The largest absolute Gasteiger partial charge is 0.408 e. The number of carbonyl (C=O) groups is 4. The van der Waals surface area contributed by atoms with Crippen molar-refractivity contribution in [3.63, 3.8) is 0 Å². The SMILES string of the molecule is CCCOC1CCC(NC(=O)c2ccn3c(C)cc(-c4cccnc4)nc23)CC1.Cc1cc(-c2cccnc2)nc2c(C(=O)NC(C3CC3)C(F)(F)F)ccn12.Cc1cc(-c2cccnc2)nc2c(C(=O)NC3CCC(OC(C)(C)C)CC3)ccn12.Cc1cc(-c2cccnc2)nc2c(C(=O)NC3CCC(OCC(C)C)CC3)ccn12. The zero-order valence-corrected chi connectivity index (χ0v) is 67.7. The summed E-state index contributed by atoms with van der Waals surface area (Å²) < 4.78 is 65.2. The quantitative estimate of drug-likeness (QED) is 0.0553. The molecule has 4 N–H and O–H groups in total. The van der Waals surface area contributed by atoms with Gasteiger partial charge in [0.05, 0.1) is 68.9 Å². The molecule has 0 radical (unpaired) electrons. The van der Waals surface area contributed by atoms with Crippen LogP contribution in [0.3, 0.4) is 0 Å². The second-order valence-electron chi connectivity index (χ2n) is 32.3. The molecule has 608 valence electrons. The van der Waals surface area contributed by atoms with Gasteiger partial charge < -0.3 is 53.1 Å². The molecule has 0 bridgehead atoms. The highest BCUT2D eigenvalue weighted by atomic mass is 19.4. The zero-order valence-electron chi connectivity index (χ0n) is 67.7. The molecule has 4 saturated carbocycles. The first-order chi connectivity index (χ1) is 55.8. The van der Waals surface area contributed by atoms with E-state index in [2.05, 4.69) is 87.7 Å². The van der Waals surface area contributed by atoms with Crippen LogP contribution in [-0.2, 0) is 14.2 Å². The fraction of sp³-hybridized carbons (Fsp3) is 0.422. The molecule has 4 aliphatic carbocycles. The number of hydrogen-bond donors (Lipinski definition) is 4. The van der Waals surface area contributed by atoms with Crippen molar-refractivity contribution in [1.29, 1.82) is 0 Å². The Morgan fingerprint density at radius 3 is 1.03 bits per heavy atom. The second kappa shape index (κ2) is 37.2. The van der Waals surface area contributed by atoms with Gasteiger partial charge in [0.15, 0.2) is 0 Å². The summed E-state index contributed by atoms with van der Waals surface area (Å²) in [5.74, 6) is -0.920. The first kappa shape index (κ1) is 82.9. The van der Waals surface area contributed by atoms with E-state index in [4.69, 9.17) is 29.2 Å². The summed E-state index contributed by atoms with van der Waals surface area (Å²) in [7, 11) is 0. The normalized spacial score (nSPS) is 18.6. The average molecular weight is 1580 g/mol. The van der Waals surface area contributed by atoms with E-state index in [-0.39, 0.29) is 53.1 Å². The van der Waals surface area contributed by atoms with Crippen LogP contribution < -0.4 is 21.3 Å². The Balaban J connectivity index is 0.000000135. The number of hydrogen-bond acceptors (Lipinski definition) is 15. The van der Waals surface area contributed by atoms with Gasteiger partial charge in [-0.2, -0.15) is 13.2 Å². The maximum Gasteiger partial charge on any atom is 0.408 e. The molecule has 4 fully saturated rings. The van der Waals surface area contributed by atoms with Crippen molar-refractivity contribution >= 4 is 46.2 Å². The first-order valence-corrected chi connectivity index (χ1v) is 40.6. The van der Waals surface area contributed by atoms with Gasteiger partial charge in [0, 0.05) is 151 Å². The minimum Gasteiger partial charge on any atom is -0.378 e. The number of aryl methyl sites for hydroxylation is 4. The van der Waals surface area contributed by atoms with E-state index in [1.165, 1.54) is 6.07 Å². The van der Waals surface area contributed by atoms with Crippen molar-refractivity contribution in [2.45, 2.75) is 220 Å². The lowest BCUT2D eigenvalue weighted by Crippen LogP contribution is -2.46. The fourth-order valence-electron chi connectivity index (χ4n) is 15.4. The number of alkyl halides is 3. The zero-order chi connectivity index (χ0) is 81.8. The highest BCUT2D eigenvalue weighted by molar-refractivity contribution is 6.03. The molecule has 4 aliphatic rings. The Bertz CT molecular complexity index is 5330. The number of aromatic nitrogens is 12. The number of amides is 4. The van der Waals surface area contributed by atoms with Crippen molar-refractivity contribution in [1.82, 2.24) is 78.7 Å². The van der Waals surface area contributed by atoms with E-state index in [0.29, 0.717) is 75.9 Å². The van der Waals surface area contributed by atoms with Gasteiger partial charge in [0.25, 0.3) is 23.6 Å². The second-order valence-corrected chi connectivity index (χ2v) is 32.3. The summed E-state index contributed by atoms with van der Waals surface area (Å²) in [6, 6.07) is 28.9. The summed E-state index contributed by atoms with van der Waals surface area (Å²) in [5, 5.41) is 11.8. The standard InChI is InChI=1S/2C24H30N4O2.C23H28N4O2.C19H17F3N4O/c1-16-14-21(17-6-5-12-25-15-17)27-22-20(11-13-28(16)22)23(29)26-18-7-9-19(10-8-18)30-24(2,3)4;1-16(2)15-30-20-8-6-19(7-9-20)26-24(29)21-10-12-28-17(3)13-22(27-23(21)28)18-5-4-11-25-14-18;1-3-13-29-19-8-6-18(7-9-19)25-23(28)20-10-12-27-16(2)14-21(26-22(20)27)17-5-4-11-24-15-17;1-11-9-15(13-3-2-7-23-10-13)24-17-14(6-8-26(11)17)18(27)25-16(12-4-5-12)19(20,21)22/h5-6,11-15,18-19H,7-10H2,1-4H3,(H,26,29);4-5,10-14,16,19-20H,6-9,15H2,1-3H3,(H,26,29);4-5,10-12,14-15,18-19H,3,6-9,13H2,1-2H3,(H,25,28);2-3,6-10,12,16H,4-5H2,1H3,(H,25,27). The molecule has 1 unspecified atom stereocenters. The van der Waals surface area contributed by atoms with Gasteiger partial charge in [-0.25, -0.2) is 19.9 Å². The minimum absolute atomic E-state index is 0.0549.